The molecule has 0 aromatic heterocycles. The molecule has 1 aromatic rings. The summed E-state index contributed by atoms with van der Waals surface area (Å²) in [6.45, 7) is 7.16. The van der Waals surface area contributed by atoms with Crippen molar-refractivity contribution in [1.29, 1.82) is 0 Å². The summed E-state index contributed by atoms with van der Waals surface area (Å²) in [6.07, 6.45) is 0. The molecule has 1 rings (SSSR count). The number of benzene rings is 1. The maximum Gasteiger partial charge on any atom is 0.142 e. The SMILES string of the molecule is CCNc1c(C)cc(C)cc1OC. The lowest BCUT2D eigenvalue weighted by Crippen LogP contribution is -2.01. The van der Waals surface area contributed by atoms with Crippen LogP contribution < -0.4 is 10.1 Å². The molecule has 2 heteroatoms. The second-order valence-corrected chi connectivity index (χ2v) is 3.19. The first kappa shape index (κ1) is 9.90. The third-order valence-electron chi connectivity index (χ3n) is 2.02. The van der Waals surface area contributed by atoms with Gasteiger partial charge < -0.3 is 10.1 Å². The Morgan fingerprint density at radius 3 is 2.54 bits per heavy atom. The number of methoxy groups -OCH3 is 1. The maximum absolute atomic E-state index is 5.30. The van der Waals surface area contributed by atoms with Gasteiger partial charge in [-0.2, -0.15) is 0 Å². The van der Waals surface area contributed by atoms with E-state index in [0.717, 1.165) is 18.0 Å². The lowest BCUT2D eigenvalue weighted by molar-refractivity contribution is 0.416. The van der Waals surface area contributed by atoms with Gasteiger partial charge >= 0.3 is 0 Å². The fourth-order valence-corrected chi connectivity index (χ4v) is 1.49. The van der Waals surface area contributed by atoms with Gasteiger partial charge in [-0.25, -0.2) is 0 Å². The van der Waals surface area contributed by atoms with E-state index in [1.165, 1.54) is 11.1 Å². The molecule has 0 saturated heterocycles. The zero-order valence-corrected chi connectivity index (χ0v) is 8.77. The maximum atomic E-state index is 5.30. The molecular formula is C11H17NO. The van der Waals surface area contributed by atoms with Crippen LogP contribution in [0.2, 0.25) is 0 Å². The number of aryl methyl sites for hydroxylation is 2. The standard InChI is InChI=1S/C11H17NO/c1-5-12-11-9(3)6-8(2)7-10(11)13-4/h6-7,12H,5H2,1-4H3. The van der Waals surface area contributed by atoms with Crippen LogP contribution in [0.25, 0.3) is 0 Å². The molecular weight excluding hydrogens is 162 g/mol. The van der Waals surface area contributed by atoms with Gasteiger partial charge in [0.05, 0.1) is 12.8 Å². The van der Waals surface area contributed by atoms with E-state index in [1.54, 1.807) is 7.11 Å². The van der Waals surface area contributed by atoms with Gasteiger partial charge in [0.15, 0.2) is 0 Å². The molecule has 0 unspecified atom stereocenters. The molecule has 1 aromatic carbocycles. The Bertz CT molecular complexity index is 294. The summed E-state index contributed by atoms with van der Waals surface area (Å²) in [6, 6.07) is 4.20. The Labute approximate surface area is 79.9 Å². The second kappa shape index (κ2) is 4.17. The van der Waals surface area contributed by atoms with E-state index in [1.807, 2.05) is 6.07 Å². The summed E-state index contributed by atoms with van der Waals surface area (Å²) >= 11 is 0. The van der Waals surface area contributed by atoms with Gasteiger partial charge in [0.2, 0.25) is 0 Å². The largest absolute Gasteiger partial charge is 0.495 e. The van der Waals surface area contributed by atoms with Crippen molar-refractivity contribution in [2.75, 3.05) is 19.0 Å². The average molecular weight is 179 g/mol. The van der Waals surface area contributed by atoms with Gasteiger partial charge in [-0.3, -0.25) is 0 Å². The molecule has 0 spiro atoms. The van der Waals surface area contributed by atoms with Gasteiger partial charge in [-0.15, -0.1) is 0 Å². The van der Waals surface area contributed by atoms with Crippen LogP contribution in [0.3, 0.4) is 0 Å². The molecule has 2 nitrogen and oxygen atoms in total. The summed E-state index contributed by atoms with van der Waals surface area (Å²) in [7, 11) is 1.70. The average Bonchev–Trinajstić information content (AvgIpc) is 2.09. The van der Waals surface area contributed by atoms with Crippen LogP contribution in [0.15, 0.2) is 12.1 Å². The Kier molecular flexibility index (Phi) is 3.18. The second-order valence-electron chi connectivity index (χ2n) is 3.19. The number of hydrogen-bond acceptors (Lipinski definition) is 2. The van der Waals surface area contributed by atoms with Crippen molar-refractivity contribution in [1.82, 2.24) is 0 Å². The minimum Gasteiger partial charge on any atom is -0.495 e. The topological polar surface area (TPSA) is 21.3 Å². The van der Waals surface area contributed by atoms with E-state index >= 15 is 0 Å². The molecule has 0 heterocycles. The molecule has 0 aliphatic rings. The van der Waals surface area contributed by atoms with Crippen LogP contribution in [0.4, 0.5) is 5.69 Å². The van der Waals surface area contributed by atoms with Gasteiger partial charge in [-0.05, 0) is 38.0 Å². The van der Waals surface area contributed by atoms with Crippen molar-refractivity contribution in [2.45, 2.75) is 20.8 Å². The Morgan fingerprint density at radius 2 is 2.00 bits per heavy atom. The summed E-state index contributed by atoms with van der Waals surface area (Å²) in [5.41, 5.74) is 3.57. The van der Waals surface area contributed by atoms with Gasteiger partial charge in [0, 0.05) is 6.54 Å². The smallest absolute Gasteiger partial charge is 0.142 e. The quantitative estimate of drug-likeness (QED) is 0.770. The predicted molar refractivity (Wildman–Crippen MR) is 56.6 cm³/mol. The van der Waals surface area contributed by atoms with E-state index in [-0.39, 0.29) is 0 Å². The highest BCUT2D eigenvalue weighted by molar-refractivity contribution is 5.62. The number of anilines is 1. The third kappa shape index (κ3) is 2.14. The van der Waals surface area contributed by atoms with E-state index in [0.29, 0.717) is 0 Å². The van der Waals surface area contributed by atoms with Gasteiger partial charge in [0.1, 0.15) is 5.75 Å². The monoisotopic (exact) mass is 179 g/mol. The molecule has 0 atom stereocenters. The summed E-state index contributed by atoms with van der Waals surface area (Å²) in [4.78, 5) is 0. The molecule has 0 saturated carbocycles. The van der Waals surface area contributed by atoms with Crippen LogP contribution in [0.1, 0.15) is 18.1 Å². The minimum absolute atomic E-state index is 0.917. The van der Waals surface area contributed by atoms with Crippen molar-refractivity contribution in [2.24, 2.45) is 0 Å². The lowest BCUT2D eigenvalue weighted by Gasteiger charge is -2.13. The van der Waals surface area contributed by atoms with Crippen molar-refractivity contribution >= 4 is 5.69 Å². The first-order chi connectivity index (χ1) is 6.19. The highest BCUT2D eigenvalue weighted by Crippen LogP contribution is 2.29. The Morgan fingerprint density at radius 1 is 1.31 bits per heavy atom. The Balaban J connectivity index is 3.13. The van der Waals surface area contributed by atoms with Crippen LogP contribution in [-0.4, -0.2) is 13.7 Å². The van der Waals surface area contributed by atoms with Gasteiger partial charge in [-0.1, -0.05) is 6.07 Å². The number of ether oxygens (including phenoxy) is 1. The normalized spacial score (nSPS) is 9.85. The first-order valence-electron chi connectivity index (χ1n) is 4.58. The van der Waals surface area contributed by atoms with Crippen LogP contribution in [0, 0.1) is 13.8 Å². The molecule has 0 aliphatic carbocycles. The molecule has 1 N–H and O–H groups in total. The van der Waals surface area contributed by atoms with Crippen LogP contribution >= 0.6 is 0 Å². The molecule has 0 aliphatic heterocycles. The summed E-state index contributed by atoms with van der Waals surface area (Å²) in [5, 5.41) is 3.30. The van der Waals surface area contributed by atoms with E-state index in [2.05, 4.69) is 32.2 Å². The lowest BCUT2D eigenvalue weighted by atomic mass is 10.1. The molecule has 0 radical (unpaired) electrons. The highest BCUT2D eigenvalue weighted by Gasteiger charge is 2.05. The molecule has 0 fully saturated rings. The fraction of sp³-hybridized carbons (Fsp3) is 0.455. The van der Waals surface area contributed by atoms with Crippen molar-refractivity contribution in [3.63, 3.8) is 0 Å². The van der Waals surface area contributed by atoms with Crippen LogP contribution in [0.5, 0.6) is 5.75 Å². The number of nitrogens with one attached hydrogen (secondary N) is 1. The van der Waals surface area contributed by atoms with E-state index in [9.17, 15) is 0 Å². The Hall–Kier alpha value is -1.18. The van der Waals surface area contributed by atoms with Crippen molar-refractivity contribution < 1.29 is 4.74 Å². The van der Waals surface area contributed by atoms with Crippen molar-refractivity contribution in [3.8, 4) is 5.75 Å². The highest BCUT2D eigenvalue weighted by atomic mass is 16.5. The van der Waals surface area contributed by atoms with Crippen LogP contribution in [-0.2, 0) is 0 Å². The third-order valence-corrected chi connectivity index (χ3v) is 2.02. The molecule has 13 heavy (non-hydrogen) atoms. The number of hydrogen-bond donors (Lipinski definition) is 1. The van der Waals surface area contributed by atoms with E-state index < -0.39 is 0 Å². The molecule has 72 valence electrons. The summed E-state index contributed by atoms with van der Waals surface area (Å²) in [5.74, 6) is 0.930. The zero-order valence-electron chi connectivity index (χ0n) is 8.77. The minimum atomic E-state index is 0.917. The predicted octanol–water partition coefficient (Wildman–Crippen LogP) is 2.74. The summed E-state index contributed by atoms with van der Waals surface area (Å²) < 4.78 is 5.30. The zero-order chi connectivity index (χ0) is 9.84. The molecule has 0 amide bonds. The van der Waals surface area contributed by atoms with E-state index in [4.69, 9.17) is 4.74 Å². The number of rotatable bonds is 3. The van der Waals surface area contributed by atoms with Crippen molar-refractivity contribution in [3.05, 3.63) is 23.3 Å². The fourth-order valence-electron chi connectivity index (χ4n) is 1.49. The van der Waals surface area contributed by atoms with Gasteiger partial charge in [0.25, 0.3) is 0 Å². The molecule has 0 bridgehead atoms. The first-order valence-corrected chi connectivity index (χ1v) is 4.58.